The number of piperidine rings is 1. The predicted molar refractivity (Wildman–Crippen MR) is 108 cm³/mol. The Morgan fingerprint density at radius 1 is 1.21 bits per heavy atom. The summed E-state index contributed by atoms with van der Waals surface area (Å²) in [5, 5.41) is 0. The molecule has 2 aromatic rings. The Kier molecular flexibility index (Phi) is 4.79. The van der Waals surface area contributed by atoms with E-state index in [2.05, 4.69) is 30.1 Å². The fourth-order valence-corrected chi connectivity index (χ4v) is 4.61. The van der Waals surface area contributed by atoms with E-state index in [1.807, 2.05) is 15.9 Å². The van der Waals surface area contributed by atoms with Gasteiger partial charge in [0.15, 0.2) is 0 Å². The zero-order valence-electron chi connectivity index (χ0n) is 16.2. The number of carbonyl (C=O) groups excluding carboxylic acids is 2. The van der Waals surface area contributed by atoms with Crippen molar-refractivity contribution in [2.75, 3.05) is 24.5 Å². The van der Waals surface area contributed by atoms with Crippen LogP contribution in [0.1, 0.15) is 40.7 Å². The van der Waals surface area contributed by atoms with E-state index in [1.165, 1.54) is 11.1 Å². The normalized spacial score (nSPS) is 22.1. The maximum atomic E-state index is 13.4. The fourth-order valence-electron chi connectivity index (χ4n) is 4.61. The predicted octanol–water partition coefficient (Wildman–Crippen LogP) is 2.51. The molecule has 3 heterocycles. The van der Waals surface area contributed by atoms with E-state index in [0.29, 0.717) is 31.0 Å². The molecule has 1 spiro atoms. The van der Waals surface area contributed by atoms with Gasteiger partial charge in [-0.25, -0.2) is 4.98 Å². The third-order valence-electron chi connectivity index (χ3n) is 5.99. The number of anilines is 1. The van der Waals surface area contributed by atoms with Crippen LogP contribution in [0.2, 0.25) is 0 Å². The number of amides is 2. The highest BCUT2D eigenvalue weighted by molar-refractivity contribution is 5.98. The number of nitrogens with zero attached hydrogens (tertiary/aromatic N) is 3. The van der Waals surface area contributed by atoms with Gasteiger partial charge in [-0.1, -0.05) is 29.8 Å². The number of aromatic nitrogens is 1. The molecule has 0 aliphatic carbocycles. The molecular formula is C22H26N4O2. The maximum absolute atomic E-state index is 13.4. The third-order valence-corrected chi connectivity index (χ3v) is 5.99. The number of benzene rings is 1. The van der Waals surface area contributed by atoms with Crippen LogP contribution in [0.25, 0.3) is 0 Å². The molecule has 146 valence electrons. The molecule has 2 saturated heterocycles. The Morgan fingerprint density at radius 3 is 2.86 bits per heavy atom. The standard InChI is InChI=1S/C22H26N4O2/c1-16-5-2-6-17(13-16)14-25-11-4-8-22(21(25)28)9-12-26(15-22)20-18(19(23)27)7-3-10-24-20/h2-3,5-7,10,13H,4,8-9,11-12,14-15H2,1H3,(H2,23,27). The van der Waals surface area contributed by atoms with Crippen molar-refractivity contribution >= 4 is 17.6 Å². The number of carbonyl (C=O) groups is 2. The first kappa shape index (κ1) is 18.5. The van der Waals surface area contributed by atoms with E-state index in [0.717, 1.165) is 25.8 Å². The second-order valence-corrected chi connectivity index (χ2v) is 8.01. The molecule has 0 radical (unpaired) electrons. The largest absolute Gasteiger partial charge is 0.365 e. The van der Waals surface area contributed by atoms with Gasteiger partial charge in [0.05, 0.1) is 11.0 Å². The molecular weight excluding hydrogens is 352 g/mol. The molecule has 1 atom stereocenters. The molecule has 4 rings (SSSR count). The van der Waals surface area contributed by atoms with Crippen LogP contribution in [0.15, 0.2) is 42.6 Å². The summed E-state index contributed by atoms with van der Waals surface area (Å²) in [6.45, 7) is 4.82. The zero-order chi connectivity index (χ0) is 19.7. The lowest BCUT2D eigenvalue weighted by Crippen LogP contribution is -2.49. The Labute approximate surface area is 165 Å². The first-order chi connectivity index (χ1) is 13.5. The number of aryl methyl sites for hydroxylation is 1. The van der Waals surface area contributed by atoms with Crippen LogP contribution in [0.4, 0.5) is 5.82 Å². The minimum absolute atomic E-state index is 0.222. The van der Waals surface area contributed by atoms with E-state index in [-0.39, 0.29) is 5.91 Å². The smallest absolute Gasteiger partial charge is 0.252 e. The van der Waals surface area contributed by atoms with Crippen molar-refractivity contribution in [1.82, 2.24) is 9.88 Å². The molecule has 1 unspecified atom stereocenters. The lowest BCUT2D eigenvalue weighted by atomic mass is 9.78. The van der Waals surface area contributed by atoms with Gasteiger partial charge in [0.25, 0.3) is 5.91 Å². The van der Waals surface area contributed by atoms with Gasteiger partial charge in [-0.2, -0.15) is 0 Å². The van der Waals surface area contributed by atoms with Crippen LogP contribution >= 0.6 is 0 Å². The van der Waals surface area contributed by atoms with Gasteiger partial charge < -0.3 is 15.5 Å². The van der Waals surface area contributed by atoms with E-state index in [1.54, 1.807) is 18.3 Å². The quantitative estimate of drug-likeness (QED) is 0.887. The highest BCUT2D eigenvalue weighted by Gasteiger charge is 2.48. The van der Waals surface area contributed by atoms with Crippen LogP contribution in [0.3, 0.4) is 0 Å². The first-order valence-corrected chi connectivity index (χ1v) is 9.83. The van der Waals surface area contributed by atoms with Crippen molar-refractivity contribution in [1.29, 1.82) is 0 Å². The van der Waals surface area contributed by atoms with E-state index in [9.17, 15) is 9.59 Å². The lowest BCUT2D eigenvalue weighted by Gasteiger charge is -2.39. The number of rotatable bonds is 4. The molecule has 2 fully saturated rings. The van der Waals surface area contributed by atoms with Crippen LogP contribution in [-0.4, -0.2) is 41.3 Å². The number of likely N-dealkylation sites (tertiary alicyclic amines) is 1. The van der Waals surface area contributed by atoms with Crippen molar-refractivity contribution in [2.45, 2.75) is 32.7 Å². The average molecular weight is 378 g/mol. The van der Waals surface area contributed by atoms with Gasteiger partial charge >= 0.3 is 0 Å². The molecule has 2 aliphatic rings. The van der Waals surface area contributed by atoms with Gasteiger partial charge in [0.2, 0.25) is 5.91 Å². The SMILES string of the molecule is Cc1cccc(CN2CCCC3(CCN(c4ncccc4C(N)=O)C3)C2=O)c1. The van der Waals surface area contributed by atoms with Gasteiger partial charge in [-0.05, 0) is 43.9 Å². The highest BCUT2D eigenvalue weighted by Crippen LogP contribution is 2.42. The first-order valence-electron chi connectivity index (χ1n) is 9.83. The third kappa shape index (κ3) is 3.35. The number of hydrogen-bond acceptors (Lipinski definition) is 4. The topological polar surface area (TPSA) is 79.5 Å². The molecule has 1 aromatic heterocycles. The van der Waals surface area contributed by atoms with Gasteiger partial charge in [-0.15, -0.1) is 0 Å². The van der Waals surface area contributed by atoms with Crippen molar-refractivity contribution in [2.24, 2.45) is 11.1 Å². The molecule has 2 amide bonds. The number of pyridine rings is 1. The van der Waals surface area contributed by atoms with Crippen molar-refractivity contribution in [3.05, 3.63) is 59.3 Å². The monoisotopic (exact) mass is 378 g/mol. The molecule has 1 aromatic carbocycles. The molecule has 6 nitrogen and oxygen atoms in total. The zero-order valence-corrected chi connectivity index (χ0v) is 16.2. The summed E-state index contributed by atoms with van der Waals surface area (Å²) in [4.78, 5) is 33.6. The molecule has 2 aliphatic heterocycles. The second kappa shape index (κ2) is 7.26. The average Bonchev–Trinajstić information content (AvgIpc) is 3.10. The van der Waals surface area contributed by atoms with Gasteiger partial charge in [0, 0.05) is 32.4 Å². The molecule has 0 bridgehead atoms. The number of hydrogen-bond donors (Lipinski definition) is 1. The summed E-state index contributed by atoms with van der Waals surface area (Å²) in [6.07, 6.45) is 4.33. The minimum atomic E-state index is -0.486. The van der Waals surface area contributed by atoms with Gasteiger partial charge in [-0.3, -0.25) is 9.59 Å². The Bertz CT molecular complexity index is 913. The maximum Gasteiger partial charge on any atom is 0.252 e. The molecule has 28 heavy (non-hydrogen) atoms. The Hall–Kier alpha value is -2.89. The summed E-state index contributed by atoms with van der Waals surface area (Å²) < 4.78 is 0. The lowest BCUT2D eigenvalue weighted by molar-refractivity contribution is -0.145. The molecule has 6 heteroatoms. The second-order valence-electron chi connectivity index (χ2n) is 8.01. The van der Waals surface area contributed by atoms with Crippen molar-refractivity contribution in [3.8, 4) is 0 Å². The Balaban J connectivity index is 1.54. The van der Waals surface area contributed by atoms with Gasteiger partial charge in [0.1, 0.15) is 5.82 Å². The summed E-state index contributed by atoms with van der Waals surface area (Å²) >= 11 is 0. The van der Waals surface area contributed by atoms with Crippen LogP contribution in [0.5, 0.6) is 0 Å². The minimum Gasteiger partial charge on any atom is -0.365 e. The van der Waals surface area contributed by atoms with Crippen LogP contribution in [-0.2, 0) is 11.3 Å². The summed E-state index contributed by atoms with van der Waals surface area (Å²) in [5.41, 5.74) is 7.91. The van der Waals surface area contributed by atoms with Crippen molar-refractivity contribution < 1.29 is 9.59 Å². The summed E-state index contributed by atoms with van der Waals surface area (Å²) in [6, 6.07) is 11.7. The molecule has 0 saturated carbocycles. The summed E-state index contributed by atoms with van der Waals surface area (Å²) in [7, 11) is 0. The van der Waals surface area contributed by atoms with Crippen LogP contribution in [0, 0.1) is 12.3 Å². The fraction of sp³-hybridized carbons (Fsp3) is 0.409. The Morgan fingerprint density at radius 2 is 2.07 bits per heavy atom. The summed E-state index contributed by atoms with van der Waals surface area (Å²) in [5.74, 6) is 0.329. The highest BCUT2D eigenvalue weighted by atomic mass is 16.2. The van der Waals surface area contributed by atoms with E-state index >= 15 is 0 Å². The van der Waals surface area contributed by atoms with Crippen molar-refractivity contribution in [3.63, 3.8) is 0 Å². The number of nitrogens with two attached hydrogens (primary N) is 1. The number of primary amides is 1. The molecule has 2 N–H and O–H groups in total. The van der Waals surface area contributed by atoms with E-state index < -0.39 is 11.3 Å². The van der Waals surface area contributed by atoms with Crippen LogP contribution < -0.4 is 10.6 Å². The van der Waals surface area contributed by atoms with E-state index in [4.69, 9.17) is 5.73 Å².